The Morgan fingerprint density at radius 2 is 2.27 bits per heavy atom. The van der Waals surface area contributed by atoms with Gasteiger partial charge in [-0.2, -0.15) is 0 Å². The fraction of sp³-hybridized carbons (Fsp3) is 0.526. The lowest BCUT2D eigenvalue weighted by Gasteiger charge is -2.16. The second-order valence-corrected chi connectivity index (χ2v) is 7.86. The Hall–Kier alpha value is -1.86. The van der Waals surface area contributed by atoms with Crippen LogP contribution in [-0.4, -0.2) is 41.1 Å². The van der Waals surface area contributed by atoms with Gasteiger partial charge in [0.2, 0.25) is 0 Å². The third-order valence-electron chi connectivity index (χ3n) is 4.31. The van der Waals surface area contributed by atoms with Crippen molar-refractivity contribution in [2.24, 2.45) is 5.92 Å². The van der Waals surface area contributed by atoms with Crippen LogP contribution in [-0.2, 0) is 16.0 Å². The van der Waals surface area contributed by atoms with Crippen molar-refractivity contribution in [3.63, 3.8) is 0 Å². The lowest BCUT2D eigenvalue weighted by Crippen LogP contribution is -2.26. The van der Waals surface area contributed by atoms with Crippen molar-refractivity contribution in [1.29, 1.82) is 0 Å². The fourth-order valence-electron chi connectivity index (χ4n) is 3.03. The maximum absolute atomic E-state index is 13.0. The van der Waals surface area contributed by atoms with E-state index < -0.39 is 5.97 Å². The molecule has 140 valence electrons. The molecule has 1 fully saturated rings. The average Bonchev–Trinajstić information content (AvgIpc) is 3.14. The molecule has 6 nitrogen and oxygen atoms in total. The van der Waals surface area contributed by atoms with Crippen LogP contribution in [0.1, 0.15) is 37.0 Å². The van der Waals surface area contributed by atoms with E-state index in [9.17, 15) is 9.59 Å². The predicted molar refractivity (Wildman–Crippen MR) is 102 cm³/mol. The number of esters is 1. The van der Waals surface area contributed by atoms with Crippen molar-refractivity contribution in [3.8, 4) is 0 Å². The average molecular weight is 376 g/mol. The number of carbonyl (C=O) groups is 1. The van der Waals surface area contributed by atoms with Gasteiger partial charge in [-0.3, -0.25) is 9.36 Å². The molecule has 7 heteroatoms. The number of methoxy groups -OCH3 is 1. The van der Waals surface area contributed by atoms with Crippen molar-refractivity contribution < 1.29 is 14.3 Å². The molecule has 1 aromatic heterocycles. The molecule has 0 saturated carbocycles. The quantitative estimate of drug-likeness (QED) is 0.438. The molecule has 0 radical (unpaired) electrons. The van der Waals surface area contributed by atoms with Crippen molar-refractivity contribution in [1.82, 2.24) is 9.55 Å². The Bertz CT molecular complexity index is 856. The highest BCUT2D eigenvalue weighted by Crippen LogP contribution is 2.24. The topological polar surface area (TPSA) is 70.4 Å². The molecule has 1 saturated heterocycles. The van der Waals surface area contributed by atoms with Crippen LogP contribution in [0.15, 0.2) is 28.2 Å². The SMILES string of the molecule is COC(=O)c1ccc2c(=O)n(CC(C)C)c(SCC3CCCO3)nc2c1. The van der Waals surface area contributed by atoms with E-state index in [2.05, 4.69) is 18.8 Å². The van der Waals surface area contributed by atoms with E-state index in [1.165, 1.54) is 7.11 Å². The first-order valence-electron chi connectivity index (χ1n) is 8.87. The molecule has 1 aliphatic heterocycles. The van der Waals surface area contributed by atoms with Gasteiger partial charge in [0.15, 0.2) is 5.16 Å². The van der Waals surface area contributed by atoms with Crippen LogP contribution in [0.2, 0.25) is 0 Å². The van der Waals surface area contributed by atoms with Crippen molar-refractivity contribution in [3.05, 3.63) is 34.1 Å². The zero-order valence-electron chi connectivity index (χ0n) is 15.4. The van der Waals surface area contributed by atoms with Crippen molar-refractivity contribution in [2.45, 2.75) is 44.5 Å². The fourth-order valence-corrected chi connectivity index (χ4v) is 4.10. The Morgan fingerprint density at radius 3 is 2.92 bits per heavy atom. The monoisotopic (exact) mass is 376 g/mol. The first-order valence-corrected chi connectivity index (χ1v) is 9.85. The maximum Gasteiger partial charge on any atom is 0.337 e. The minimum Gasteiger partial charge on any atom is -0.465 e. The summed E-state index contributed by atoms with van der Waals surface area (Å²) >= 11 is 1.55. The third kappa shape index (κ3) is 4.10. The van der Waals surface area contributed by atoms with Gasteiger partial charge in [-0.1, -0.05) is 25.6 Å². The molecule has 0 aliphatic carbocycles. The molecular weight excluding hydrogens is 352 g/mol. The van der Waals surface area contributed by atoms with E-state index in [1.807, 2.05) is 0 Å². The summed E-state index contributed by atoms with van der Waals surface area (Å²) in [4.78, 5) is 29.5. The van der Waals surface area contributed by atoms with E-state index in [0.29, 0.717) is 34.1 Å². The highest BCUT2D eigenvalue weighted by atomic mass is 32.2. The van der Waals surface area contributed by atoms with Gasteiger partial charge in [0, 0.05) is 18.9 Å². The van der Waals surface area contributed by atoms with Crippen LogP contribution in [0.5, 0.6) is 0 Å². The number of hydrogen-bond acceptors (Lipinski definition) is 6. The Balaban J connectivity index is 2.02. The lowest BCUT2D eigenvalue weighted by atomic mass is 10.1. The second kappa shape index (κ2) is 8.22. The first kappa shape index (κ1) is 18.9. The number of carbonyl (C=O) groups excluding carboxylic acids is 1. The number of aromatic nitrogens is 2. The van der Waals surface area contributed by atoms with E-state index in [0.717, 1.165) is 25.2 Å². The van der Waals surface area contributed by atoms with Crippen LogP contribution >= 0.6 is 11.8 Å². The van der Waals surface area contributed by atoms with Crippen LogP contribution in [0, 0.1) is 5.92 Å². The van der Waals surface area contributed by atoms with Gasteiger partial charge in [0.25, 0.3) is 5.56 Å². The molecule has 3 rings (SSSR count). The minimum atomic E-state index is -0.436. The molecular formula is C19H24N2O4S. The standard InChI is InChI=1S/C19H24N2O4S/c1-12(2)10-21-17(22)15-7-6-13(18(23)24-3)9-16(15)20-19(21)26-11-14-5-4-8-25-14/h6-7,9,12,14H,4-5,8,10-11H2,1-3H3. The number of nitrogens with zero attached hydrogens (tertiary/aromatic N) is 2. The zero-order valence-corrected chi connectivity index (χ0v) is 16.2. The van der Waals surface area contributed by atoms with Gasteiger partial charge in [-0.15, -0.1) is 0 Å². The molecule has 0 amide bonds. The number of fused-ring (bicyclic) bond motifs is 1. The number of ether oxygens (including phenoxy) is 2. The Labute approximate surface area is 156 Å². The van der Waals surface area contributed by atoms with Gasteiger partial charge in [-0.05, 0) is 37.0 Å². The molecule has 1 atom stereocenters. The largest absolute Gasteiger partial charge is 0.465 e. The van der Waals surface area contributed by atoms with Crippen LogP contribution in [0.4, 0.5) is 0 Å². The maximum atomic E-state index is 13.0. The van der Waals surface area contributed by atoms with Gasteiger partial charge < -0.3 is 9.47 Å². The summed E-state index contributed by atoms with van der Waals surface area (Å²) in [6.45, 7) is 5.56. The predicted octanol–water partition coefficient (Wildman–Crippen LogP) is 3.11. The minimum absolute atomic E-state index is 0.0741. The molecule has 2 aromatic rings. The molecule has 1 aromatic carbocycles. The summed E-state index contributed by atoms with van der Waals surface area (Å²) in [5.74, 6) is 0.657. The van der Waals surface area contributed by atoms with Gasteiger partial charge in [-0.25, -0.2) is 9.78 Å². The van der Waals surface area contributed by atoms with Crippen molar-refractivity contribution >= 4 is 28.6 Å². The normalized spacial score (nSPS) is 17.2. The Kier molecular flexibility index (Phi) is 5.98. The highest BCUT2D eigenvalue weighted by Gasteiger charge is 2.19. The van der Waals surface area contributed by atoms with E-state index >= 15 is 0 Å². The summed E-state index contributed by atoms with van der Waals surface area (Å²) in [7, 11) is 1.34. The summed E-state index contributed by atoms with van der Waals surface area (Å²) in [6, 6.07) is 4.89. The summed E-state index contributed by atoms with van der Waals surface area (Å²) in [5.41, 5.74) is 0.839. The zero-order chi connectivity index (χ0) is 18.7. The summed E-state index contributed by atoms with van der Waals surface area (Å²) in [5, 5.41) is 1.19. The molecule has 0 bridgehead atoms. The third-order valence-corrected chi connectivity index (χ3v) is 5.42. The number of thioether (sulfide) groups is 1. The van der Waals surface area contributed by atoms with Gasteiger partial charge >= 0.3 is 5.97 Å². The lowest BCUT2D eigenvalue weighted by molar-refractivity contribution is 0.0601. The summed E-state index contributed by atoms with van der Waals surface area (Å²) < 4.78 is 12.2. The van der Waals surface area contributed by atoms with Crippen molar-refractivity contribution in [2.75, 3.05) is 19.5 Å². The van der Waals surface area contributed by atoms with E-state index in [4.69, 9.17) is 9.47 Å². The molecule has 26 heavy (non-hydrogen) atoms. The molecule has 0 spiro atoms. The van der Waals surface area contributed by atoms with Crippen LogP contribution in [0.3, 0.4) is 0 Å². The molecule has 1 unspecified atom stereocenters. The number of rotatable bonds is 6. The van der Waals surface area contributed by atoms with Gasteiger partial charge in [0.05, 0.1) is 29.7 Å². The van der Waals surface area contributed by atoms with Crippen LogP contribution in [0.25, 0.3) is 10.9 Å². The molecule has 1 aliphatic rings. The second-order valence-electron chi connectivity index (χ2n) is 6.87. The van der Waals surface area contributed by atoms with Gasteiger partial charge in [0.1, 0.15) is 0 Å². The Morgan fingerprint density at radius 1 is 1.46 bits per heavy atom. The number of benzene rings is 1. The van der Waals surface area contributed by atoms with E-state index in [-0.39, 0.29) is 11.7 Å². The summed E-state index contributed by atoms with van der Waals surface area (Å²) in [6.07, 6.45) is 2.33. The smallest absolute Gasteiger partial charge is 0.337 e. The molecule has 2 heterocycles. The molecule has 0 N–H and O–H groups in total. The first-order chi connectivity index (χ1) is 12.5. The highest BCUT2D eigenvalue weighted by molar-refractivity contribution is 7.99. The number of hydrogen-bond donors (Lipinski definition) is 0. The van der Waals surface area contributed by atoms with E-state index in [1.54, 1.807) is 34.5 Å². The van der Waals surface area contributed by atoms with Crippen LogP contribution < -0.4 is 5.56 Å².